The minimum atomic E-state index is -1.13. The molecule has 6 nitrogen and oxygen atoms in total. The van der Waals surface area contributed by atoms with E-state index in [1.807, 2.05) is 0 Å². The van der Waals surface area contributed by atoms with Gasteiger partial charge in [-0.3, -0.25) is 4.79 Å². The number of hydrogen-bond donors (Lipinski definition) is 3. The number of amides is 1. The Morgan fingerprint density at radius 3 is 1.94 bits per heavy atom. The second-order valence-electron chi connectivity index (χ2n) is 3.64. The molecule has 1 saturated heterocycles. The Kier molecular flexibility index (Phi) is 4.86. The molecule has 1 aliphatic rings. The average molecular weight is 251 g/mol. The second kappa shape index (κ2) is 6.39. The summed E-state index contributed by atoms with van der Waals surface area (Å²) in [6.07, 6.45) is 1.76. The van der Waals surface area contributed by atoms with Crippen molar-refractivity contribution in [3.05, 3.63) is 35.4 Å². The normalized spacial score (nSPS) is 13.2. The first kappa shape index (κ1) is 13.7. The fraction of sp³-hybridized carbons (Fsp3) is 0.250. The number of carboxylic acid groups (broad SMARTS) is 2. The smallest absolute Gasteiger partial charge is 0.335 e. The summed E-state index contributed by atoms with van der Waals surface area (Å²) >= 11 is 0. The molecule has 1 aliphatic heterocycles. The maximum absolute atomic E-state index is 10.4. The lowest BCUT2D eigenvalue weighted by Crippen LogP contribution is -2.12. The summed E-state index contributed by atoms with van der Waals surface area (Å²) in [6.45, 7) is 0.888. The molecule has 0 unspecified atom stereocenters. The molecule has 18 heavy (non-hydrogen) atoms. The van der Waals surface area contributed by atoms with Crippen LogP contribution in [0, 0.1) is 0 Å². The van der Waals surface area contributed by atoms with Gasteiger partial charge in [0.15, 0.2) is 0 Å². The van der Waals surface area contributed by atoms with Crippen LogP contribution in [0.25, 0.3) is 0 Å². The van der Waals surface area contributed by atoms with Crippen molar-refractivity contribution in [3.63, 3.8) is 0 Å². The topological polar surface area (TPSA) is 104 Å². The predicted molar refractivity (Wildman–Crippen MR) is 62.6 cm³/mol. The first-order valence-corrected chi connectivity index (χ1v) is 5.34. The number of aromatic carboxylic acids is 2. The number of rotatable bonds is 2. The summed E-state index contributed by atoms with van der Waals surface area (Å²) in [6, 6.07) is 5.20. The summed E-state index contributed by atoms with van der Waals surface area (Å²) in [5.41, 5.74) is -0.0372. The molecular formula is C12H13NO5. The highest BCUT2D eigenvalue weighted by Crippen LogP contribution is 2.04. The van der Waals surface area contributed by atoms with Gasteiger partial charge in [0.05, 0.1) is 11.1 Å². The molecule has 3 N–H and O–H groups in total. The fourth-order valence-electron chi connectivity index (χ4n) is 1.35. The summed E-state index contributed by atoms with van der Waals surface area (Å²) in [7, 11) is 0. The molecule has 1 amide bonds. The zero-order valence-corrected chi connectivity index (χ0v) is 9.55. The highest BCUT2D eigenvalue weighted by molar-refractivity contribution is 5.93. The molecule has 0 aliphatic carbocycles. The van der Waals surface area contributed by atoms with Crippen LogP contribution in [0.3, 0.4) is 0 Å². The van der Waals surface area contributed by atoms with E-state index in [1.165, 1.54) is 18.2 Å². The SMILES string of the molecule is O=C(O)c1cccc(C(=O)O)c1.O=C1CCCN1. The summed E-state index contributed by atoms with van der Waals surface area (Å²) in [4.78, 5) is 30.9. The molecule has 1 fully saturated rings. The van der Waals surface area contributed by atoms with Crippen molar-refractivity contribution in [2.75, 3.05) is 6.54 Å². The van der Waals surface area contributed by atoms with Gasteiger partial charge in [-0.1, -0.05) is 6.07 Å². The molecule has 96 valence electrons. The van der Waals surface area contributed by atoms with E-state index < -0.39 is 11.9 Å². The largest absolute Gasteiger partial charge is 0.478 e. The molecule has 0 saturated carbocycles. The number of nitrogens with one attached hydrogen (secondary N) is 1. The maximum Gasteiger partial charge on any atom is 0.335 e. The lowest BCUT2D eigenvalue weighted by atomic mass is 10.1. The molecule has 0 bridgehead atoms. The Balaban J connectivity index is 0.000000225. The molecule has 1 aromatic rings. The first-order valence-electron chi connectivity index (χ1n) is 5.34. The standard InChI is InChI=1S/C8H6O4.C4H7NO/c9-7(10)5-2-1-3-6(4-5)8(11)12;6-4-2-1-3-5-4/h1-4H,(H,9,10)(H,11,12);1-3H2,(H,5,6). The van der Waals surface area contributed by atoms with Crippen LogP contribution in [0.15, 0.2) is 24.3 Å². The van der Waals surface area contributed by atoms with Crippen LogP contribution >= 0.6 is 0 Å². The van der Waals surface area contributed by atoms with Crippen LogP contribution in [0.4, 0.5) is 0 Å². The van der Waals surface area contributed by atoms with Crippen LogP contribution < -0.4 is 5.32 Å². The van der Waals surface area contributed by atoms with Gasteiger partial charge in [0.1, 0.15) is 0 Å². The van der Waals surface area contributed by atoms with Gasteiger partial charge in [-0.05, 0) is 24.6 Å². The van der Waals surface area contributed by atoms with E-state index in [2.05, 4.69) is 5.32 Å². The van der Waals surface area contributed by atoms with Crippen molar-refractivity contribution < 1.29 is 24.6 Å². The summed E-state index contributed by atoms with van der Waals surface area (Å²) in [5.74, 6) is -2.05. The van der Waals surface area contributed by atoms with Gasteiger partial charge in [-0.15, -0.1) is 0 Å². The van der Waals surface area contributed by atoms with Gasteiger partial charge in [0, 0.05) is 13.0 Å². The van der Waals surface area contributed by atoms with E-state index >= 15 is 0 Å². The fourth-order valence-corrected chi connectivity index (χ4v) is 1.35. The van der Waals surface area contributed by atoms with Gasteiger partial charge in [0.2, 0.25) is 5.91 Å². The number of benzene rings is 1. The van der Waals surface area contributed by atoms with E-state index in [0.717, 1.165) is 25.5 Å². The molecular weight excluding hydrogens is 238 g/mol. The minimum Gasteiger partial charge on any atom is -0.478 e. The van der Waals surface area contributed by atoms with E-state index in [-0.39, 0.29) is 17.0 Å². The third-order valence-corrected chi connectivity index (χ3v) is 2.26. The van der Waals surface area contributed by atoms with Crippen molar-refractivity contribution in [1.82, 2.24) is 5.32 Å². The Bertz CT molecular complexity index is 432. The molecule has 6 heteroatoms. The first-order chi connectivity index (χ1) is 8.50. The maximum atomic E-state index is 10.4. The lowest BCUT2D eigenvalue weighted by molar-refractivity contribution is -0.119. The number of hydrogen-bond acceptors (Lipinski definition) is 3. The van der Waals surface area contributed by atoms with Gasteiger partial charge >= 0.3 is 11.9 Å². The zero-order chi connectivity index (χ0) is 13.5. The highest BCUT2D eigenvalue weighted by Gasteiger charge is 2.07. The molecule has 1 aromatic carbocycles. The van der Waals surface area contributed by atoms with Crippen LogP contribution in [0.5, 0.6) is 0 Å². The van der Waals surface area contributed by atoms with Crippen molar-refractivity contribution in [2.24, 2.45) is 0 Å². The average Bonchev–Trinajstić information content (AvgIpc) is 2.81. The molecule has 0 atom stereocenters. The quantitative estimate of drug-likeness (QED) is 0.726. The molecule has 1 heterocycles. The van der Waals surface area contributed by atoms with Crippen LogP contribution in [0.1, 0.15) is 33.6 Å². The molecule has 2 rings (SSSR count). The summed E-state index contributed by atoms with van der Waals surface area (Å²) in [5, 5.41) is 19.7. The van der Waals surface area contributed by atoms with E-state index in [0.29, 0.717) is 0 Å². The molecule has 0 spiro atoms. The molecule has 0 radical (unpaired) electrons. The monoisotopic (exact) mass is 251 g/mol. The Morgan fingerprint density at radius 1 is 1.11 bits per heavy atom. The Labute approximate surface area is 103 Å². The lowest BCUT2D eigenvalue weighted by Gasteiger charge is -1.95. The minimum absolute atomic E-state index is 0.0186. The van der Waals surface area contributed by atoms with E-state index in [1.54, 1.807) is 0 Å². The van der Waals surface area contributed by atoms with Crippen molar-refractivity contribution >= 4 is 17.8 Å². The van der Waals surface area contributed by atoms with Crippen molar-refractivity contribution in [1.29, 1.82) is 0 Å². The van der Waals surface area contributed by atoms with Crippen LogP contribution in [-0.4, -0.2) is 34.6 Å². The molecule has 0 aromatic heterocycles. The number of carbonyl (C=O) groups excluding carboxylic acids is 1. The van der Waals surface area contributed by atoms with Gasteiger partial charge < -0.3 is 15.5 Å². The Hall–Kier alpha value is -2.37. The van der Waals surface area contributed by atoms with Crippen molar-refractivity contribution in [3.8, 4) is 0 Å². The summed E-state index contributed by atoms with van der Waals surface area (Å²) < 4.78 is 0. The van der Waals surface area contributed by atoms with Crippen LogP contribution in [0.2, 0.25) is 0 Å². The second-order valence-corrected chi connectivity index (χ2v) is 3.64. The Morgan fingerprint density at radius 2 is 1.67 bits per heavy atom. The van der Waals surface area contributed by atoms with Gasteiger partial charge in [-0.25, -0.2) is 9.59 Å². The van der Waals surface area contributed by atoms with E-state index in [4.69, 9.17) is 10.2 Å². The number of carbonyl (C=O) groups is 3. The predicted octanol–water partition coefficient (Wildman–Crippen LogP) is 0.979. The van der Waals surface area contributed by atoms with Gasteiger partial charge in [0.25, 0.3) is 0 Å². The van der Waals surface area contributed by atoms with Crippen LogP contribution in [-0.2, 0) is 4.79 Å². The zero-order valence-electron chi connectivity index (χ0n) is 9.55. The van der Waals surface area contributed by atoms with Gasteiger partial charge in [-0.2, -0.15) is 0 Å². The highest BCUT2D eigenvalue weighted by atomic mass is 16.4. The van der Waals surface area contributed by atoms with E-state index in [9.17, 15) is 14.4 Å². The third-order valence-electron chi connectivity index (χ3n) is 2.26. The number of carboxylic acids is 2. The van der Waals surface area contributed by atoms with Crippen molar-refractivity contribution in [2.45, 2.75) is 12.8 Å². The third kappa shape index (κ3) is 4.25.